The summed E-state index contributed by atoms with van der Waals surface area (Å²) in [6.45, 7) is 0.997. The quantitative estimate of drug-likeness (QED) is 0.276. The second kappa shape index (κ2) is 10.7. The van der Waals surface area contributed by atoms with E-state index in [1.165, 1.54) is 21.7 Å². The van der Waals surface area contributed by atoms with Crippen molar-refractivity contribution in [2.45, 2.75) is 19.3 Å². The van der Waals surface area contributed by atoms with Gasteiger partial charge in [0.05, 0.1) is 10.5 Å². The van der Waals surface area contributed by atoms with Gasteiger partial charge in [-0.1, -0.05) is 60.4 Å². The number of rotatable bonds is 9. The van der Waals surface area contributed by atoms with Gasteiger partial charge in [0.2, 0.25) is 0 Å². The smallest absolute Gasteiger partial charge is 0.267 e. The molecule has 1 aromatic carbocycles. The van der Waals surface area contributed by atoms with Crippen LogP contribution in [0.3, 0.4) is 0 Å². The molecule has 2 aromatic heterocycles. The predicted octanol–water partition coefficient (Wildman–Crippen LogP) is 3.32. The van der Waals surface area contributed by atoms with Crippen LogP contribution >= 0.6 is 24.0 Å². The first-order chi connectivity index (χ1) is 16.1. The number of aliphatic hydroxyl groups is 1. The minimum Gasteiger partial charge on any atom is -0.396 e. The second-order valence-electron chi connectivity index (χ2n) is 7.53. The van der Waals surface area contributed by atoms with Gasteiger partial charge in [0.25, 0.3) is 11.5 Å². The van der Waals surface area contributed by atoms with Gasteiger partial charge < -0.3 is 10.4 Å². The molecule has 1 fully saturated rings. The van der Waals surface area contributed by atoms with E-state index in [-0.39, 0.29) is 18.1 Å². The molecule has 1 aliphatic heterocycles. The normalized spacial score (nSPS) is 15.1. The molecule has 2 N–H and O–H groups in total. The molecule has 0 radical (unpaired) electrons. The number of pyridine rings is 1. The summed E-state index contributed by atoms with van der Waals surface area (Å²) in [6.07, 6.45) is 5.38. The second-order valence-corrected chi connectivity index (χ2v) is 9.21. The first kappa shape index (κ1) is 23.2. The molecule has 0 atom stereocenters. The Morgan fingerprint density at radius 1 is 1.09 bits per heavy atom. The molecular weight excluding hydrogens is 456 g/mol. The van der Waals surface area contributed by atoms with E-state index in [2.05, 4.69) is 22.4 Å². The third-order valence-corrected chi connectivity index (χ3v) is 6.61. The van der Waals surface area contributed by atoms with Crippen molar-refractivity contribution in [1.82, 2.24) is 14.3 Å². The number of aryl methyl sites for hydroxylation is 1. The summed E-state index contributed by atoms with van der Waals surface area (Å²) in [4.78, 5) is 32.8. The minimum atomic E-state index is -0.276. The van der Waals surface area contributed by atoms with E-state index in [4.69, 9.17) is 17.3 Å². The van der Waals surface area contributed by atoms with Crippen molar-refractivity contribution in [3.63, 3.8) is 0 Å². The topological polar surface area (TPSA) is 86.9 Å². The van der Waals surface area contributed by atoms with E-state index in [1.807, 2.05) is 18.2 Å². The maximum absolute atomic E-state index is 13.2. The molecule has 170 valence electrons. The molecule has 0 spiro atoms. The van der Waals surface area contributed by atoms with Gasteiger partial charge in [0.15, 0.2) is 0 Å². The maximum atomic E-state index is 13.2. The molecule has 3 heterocycles. The Hall–Kier alpha value is -3.01. The molecule has 1 saturated heterocycles. The zero-order valence-corrected chi connectivity index (χ0v) is 19.6. The molecule has 7 nitrogen and oxygen atoms in total. The molecule has 0 saturated carbocycles. The first-order valence-corrected chi connectivity index (χ1v) is 12.0. The number of hydrogen-bond donors (Lipinski definition) is 2. The van der Waals surface area contributed by atoms with Crippen molar-refractivity contribution in [3.05, 3.63) is 81.1 Å². The Morgan fingerprint density at radius 3 is 2.67 bits per heavy atom. The molecule has 33 heavy (non-hydrogen) atoms. The Bertz CT molecular complexity index is 1260. The molecule has 0 unspecified atom stereocenters. The highest BCUT2D eigenvalue weighted by Gasteiger charge is 2.32. The van der Waals surface area contributed by atoms with E-state index in [9.17, 15) is 9.59 Å². The molecule has 0 bridgehead atoms. The van der Waals surface area contributed by atoms with Crippen LogP contribution < -0.4 is 10.9 Å². The number of carbonyl (C=O) groups excluding carboxylic acids is 1. The third kappa shape index (κ3) is 5.32. The van der Waals surface area contributed by atoms with Crippen LogP contribution in [0.15, 0.2) is 64.4 Å². The largest absolute Gasteiger partial charge is 0.396 e. The highest BCUT2D eigenvalue weighted by atomic mass is 32.2. The molecule has 1 aliphatic rings. The van der Waals surface area contributed by atoms with Crippen LogP contribution in [0.1, 0.15) is 24.0 Å². The number of benzene rings is 1. The SMILES string of the molecule is O=C1/C(=C/c2c(NCCCO)nc3ccccn3c2=O)SC(=S)N1CCCc1ccccc1. The number of nitrogens with zero attached hydrogens (tertiary/aromatic N) is 3. The highest BCUT2D eigenvalue weighted by molar-refractivity contribution is 8.26. The van der Waals surface area contributed by atoms with Gasteiger partial charge in [0, 0.05) is 25.9 Å². The van der Waals surface area contributed by atoms with Gasteiger partial charge >= 0.3 is 0 Å². The van der Waals surface area contributed by atoms with Crippen LogP contribution in [0.4, 0.5) is 5.82 Å². The van der Waals surface area contributed by atoms with Crippen LogP contribution in [0.25, 0.3) is 11.7 Å². The number of thiocarbonyl (C=S) groups is 1. The summed E-state index contributed by atoms with van der Waals surface area (Å²) in [7, 11) is 0. The fraction of sp³-hybridized carbons (Fsp3) is 0.250. The lowest BCUT2D eigenvalue weighted by atomic mass is 10.1. The summed E-state index contributed by atoms with van der Waals surface area (Å²) in [6, 6.07) is 15.4. The number of anilines is 1. The molecule has 3 aromatic rings. The van der Waals surface area contributed by atoms with E-state index in [0.29, 0.717) is 45.8 Å². The monoisotopic (exact) mass is 480 g/mol. The van der Waals surface area contributed by atoms with Crippen molar-refractivity contribution in [2.24, 2.45) is 0 Å². The van der Waals surface area contributed by atoms with Gasteiger partial charge in [-0.15, -0.1) is 0 Å². The maximum Gasteiger partial charge on any atom is 0.267 e. The molecule has 9 heteroatoms. The van der Waals surface area contributed by atoms with Crippen LogP contribution in [-0.4, -0.2) is 49.3 Å². The number of aromatic nitrogens is 2. The summed E-state index contributed by atoms with van der Waals surface area (Å²) in [5.41, 5.74) is 1.73. The van der Waals surface area contributed by atoms with Gasteiger partial charge in [-0.05, 0) is 43.0 Å². The van der Waals surface area contributed by atoms with Crippen LogP contribution in [0.2, 0.25) is 0 Å². The predicted molar refractivity (Wildman–Crippen MR) is 136 cm³/mol. The zero-order chi connectivity index (χ0) is 23.2. The van der Waals surface area contributed by atoms with Gasteiger partial charge in [-0.25, -0.2) is 4.98 Å². The first-order valence-electron chi connectivity index (χ1n) is 10.7. The lowest BCUT2D eigenvalue weighted by Gasteiger charge is -2.14. The van der Waals surface area contributed by atoms with E-state index in [1.54, 1.807) is 35.4 Å². The molecular formula is C24H24N4O3S2. The zero-order valence-electron chi connectivity index (χ0n) is 17.9. The summed E-state index contributed by atoms with van der Waals surface area (Å²) in [5.74, 6) is 0.186. The molecule has 1 amide bonds. The number of aliphatic hydroxyl groups excluding tert-OH is 1. The number of thioether (sulfide) groups is 1. The van der Waals surface area contributed by atoms with Crippen molar-refractivity contribution < 1.29 is 9.90 Å². The lowest BCUT2D eigenvalue weighted by Crippen LogP contribution is -2.29. The number of amides is 1. The van der Waals surface area contributed by atoms with Gasteiger partial charge in [0.1, 0.15) is 15.8 Å². The third-order valence-electron chi connectivity index (χ3n) is 5.24. The van der Waals surface area contributed by atoms with Crippen molar-refractivity contribution in [1.29, 1.82) is 0 Å². The number of nitrogens with one attached hydrogen (secondary N) is 1. The van der Waals surface area contributed by atoms with E-state index < -0.39 is 0 Å². The number of hydrogen-bond acceptors (Lipinski definition) is 7. The summed E-state index contributed by atoms with van der Waals surface area (Å²) >= 11 is 6.65. The number of fused-ring (bicyclic) bond motifs is 1. The van der Waals surface area contributed by atoms with Crippen molar-refractivity contribution in [3.8, 4) is 0 Å². The van der Waals surface area contributed by atoms with Gasteiger partial charge in [-0.2, -0.15) is 0 Å². The lowest BCUT2D eigenvalue weighted by molar-refractivity contribution is -0.122. The fourth-order valence-corrected chi connectivity index (χ4v) is 4.85. The molecule has 0 aliphatic carbocycles. The van der Waals surface area contributed by atoms with Crippen LogP contribution in [0, 0.1) is 0 Å². The Kier molecular flexibility index (Phi) is 7.54. The van der Waals surface area contributed by atoms with Crippen LogP contribution in [0.5, 0.6) is 0 Å². The van der Waals surface area contributed by atoms with Crippen molar-refractivity contribution in [2.75, 3.05) is 25.0 Å². The Morgan fingerprint density at radius 2 is 1.88 bits per heavy atom. The minimum absolute atomic E-state index is 0.0243. The highest BCUT2D eigenvalue weighted by Crippen LogP contribution is 2.33. The number of carbonyl (C=O) groups is 1. The van der Waals surface area contributed by atoms with Crippen LogP contribution in [-0.2, 0) is 11.2 Å². The molecule has 4 rings (SSSR count). The van der Waals surface area contributed by atoms with E-state index in [0.717, 1.165) is 12.8 Å². The average Bonchev–Trinajstić information content (AvgIpc) is 3.09. The van der Waals surface area contributed by atoms with Gasteiger partial charge in [-0.3, -0.25) is 18.9 Å². The van der Waals surface area contributed by atoms with Crippen molar-refractivity contribution >= 4 is 51.7 Å². The standard InChI is InChI=1S/C24H24N4O3S2/c29-15-7-12-25-21-18(22(30)27-13-5-4-11-20(27)26-21)16-19-23(31)28(24(32)33-19)14-6-10-17-8-2-1-3-9-17/h1-5,8-9,11,13,16,25,29H,6-7,10,12,14-15H2/b19-16-. The van der Waals surface area contributed by atoms with E-state index >= 15 is 0 Å². The average molecular weight is 481 g/mol. The fourth-order valence-electron chi connectivity index (χ4n) is 3.56. The summed E-state index contributed by atoms with van der Waals surface area (Å²) < 4.78 is 1.94. The summed E-state index contributed by atoms with van der Waals surface area (Å²) in [5, 5.41) is 12.2. The Labute approximate surface area is 201 Å². The Balaban J connectivity index is 1.58.